The van der Waals surface area contributed by atoms with Crippen molar-refractivity contribution in [2.24, 2.45) is 0 Å². The molecule has 0 saturated heterocycles. The van der Waals surface area contributed by atoms with Crippen LogP contribution >= 0.6 is 15.9 Å². The number of aryl methyl sites for hydroxylation is 2. The maximum atomic E-state index is 4.85. The fraction of sp³-hybridized carbons (Fsp3) is 0.0732. The average molecular weight is 851 g/mol. The third kappa shape index (κ3) is 7.36. The van der Waals surface area contributed by atoms with Crippen LogP contribution in [0.15, 0.2) is 138 Å². The first kappa shape index (κ1) is 32.3. The Morgan fingerprint density at radius 1 is 0.596 bits per heavy atom. The number of rotatable bonds is 7. The molecule has 0 atom stereocenters. The van der Waals surface area contributed by atoms with E-state index in [4.69, 9.17) is 19.9 Å². The van der Waals surface area contributed by atoms with E-state index in [-0.39, 0.29) is 20.1 Å². The van der Waals surface area contributed by atoms with Crippen molar-refractivity contribution in [2.75, 3.05) is 0 Å². The zero-order chi connectivity index (χ0) is 31.5. The summed E-state index contributed by atoms with van der Waals surface area (Å²) in [5, 5.41) is 0. The number of nitrogens with zero attached hydrogens (tertiary/aromatic N) is 4. The van der Waals surface area contributed by atoms with E-state index in [1.54, 1.807) is 0 Å². The van der Waals surface area contributed by atoms with Gasteiger partial charge in [0.2, 0.25) is 0 Å². The van der Waals surface area contributed by atoms with Crippen LogP contribution in [-0.4, -0.2) is 19.9 Å². The first-order valence-electron chi connectivity index (χ1n) is 15.2. The summed E-state index contributed by atoms with van der Waals surface area (Å²) in [7, 11) is 0. The van der Waals surface area contributed by atoms with Crippen molar-refractivity contribution in [1.82, 2.24) is 19.9 Å². The summed E-state index contributed by atoms with van der Waals surface area (Å²) in [6, 6.07) is 47.1. The van der Waals surface area contributed by atoms with E-state index >= 15 is 0 Å². The van der Waals surface area contributed by atoms with Crippen LogP contribution in [0, 0.1) is 19.9 Å². The predicted molar refractivity (Wildman–Crippen MR) is 190 cm³/mol. The fourth-order valence-corrected chi connectivity index (χ4v) is 6.28. The Kier molecular flexibility index (Phi) is 9.93. The molecule has 5 aromatic carbocycles. The zero-order valence-electron chi connectivity index (χ0n) is 25.9. The first-order chi connectivity index (χ1) is 22.5. The third-order valence-electron chi connectivity index (χ3n) is 7.87. The van der Waals surface area contributed by atoms with Crippen molar-refractivity contribution >= 4 is 15.9 Å². The minimum atomic E-state index is 0. The van der Waals surface area contributed by atoms with Gasteiger partial charge in [-0.3, -0.25) is 0 Å². The summed E-state index contributed by atoms with van der Waals surface area (Å²) in [6.45, 7) is 4.28. The van der Waals surface area contributed by atoms with Crippen LogP contribution in [-0.2, 0) is 26.5 Å². The maximum Gasteiger partial charge on any atom is 0.165 e. The van der Waals surface area contributed by atoms with Crippen molar-refractivity contribution < 1.29 is 20.1 Å². The Morgan fingerprint density at radius 3 is 1.89 bits per heavy atom. The second-order valence-electron chi connectivity index (χ2n) is 11.4. The molecule has 0 saturated carbocycles. The molecule has 7 rings (SSSR count). The van der Waals surface area contributed by atoms with E-state index in [0.29, 0.717) is 23.9 Å². The summed E-state index contributed by atoms with van der Waals surface area (Å²) in [4.78, 5) is 19.3. The minimum absolute atomic E-state index is 0. The molecule has 47 heavy (non-hydrogen) atoms. The van der Waals surface area contributed by atoms with Crippen LogP contribution in [0.1, 0.15) is 22.5 Å². The molecule has 231 valence electrons. The average Bonchev–Trinajstić information content (AvgIpc) is 3.09. The number of hydrogen-bond acceptors (Lipinski definition) is 4. The van der Waals surface area contributed by atoms with Crippen molar-refractivity contribution in [3.05, 3.63) is 167 Å². The Bertz CT molecular complexity index is 2130. The first-order valence-corrected chi connectivity index (χ1v) is 16.0. The standard InChI is InChI=1S/C41H30BrN4.Ir/c1-27-21-28(2)23-33(22-27)34-15-9-10-16-35(34)36-19-17-31(25-37(36)42)38-20-18-32(26-43-38)41-45-39(24-29-11-5-3-6-12-29)44-40(46-41)30-13-7-4-8-14-30;/h3-16,18-23,25-26H,24H2,1-2H3;/q-1;. The van der Waals surface area contributed by atoms with Gasteiger partial charge in [0.15, 0.2) is 11.6 Å². The molecule has 0 unspecified atom stereocenters. The molecule has 0 spiro atoms. The normalized spacial score (nSPS) is 10.8. The van der Waals surface area contributed by atoms with E-state index in [0.717, 1.165) is 43.5 Å². The Labute approximate surface area is 297 Å². The van der Waals surface area contributed by atoms with Crippen molar-refractivity contribution in [3.8, 4) is 56.3 Å². The van der Waals surface area contributed by atoms with Gasteiger partial charge < -0.3 is 4.98 Å². The summed E-state index contributed by atoms with van der Waals surface area (Å²) in [6.07, 6.45) is 2.44. The van der Waals surface area contributed by atoms with Gasteiger partial charge in [0, 0.05) is 43.8 Å². The number of benzene rings is 5. The van der Waals surface area contributed by atoms with Gasteiger partial charge in [-0.2, -0.15) is 0 Å². The molecule has 2 aromatic heterocycles. The molecular weight excluding hydrogens is 821 g/mol. The van der Waals surface area contributed by atoms with Gasteiger partial charge in [-0.15, -0.1) is 23.8 Å². The number of aromatic nitrogens is 4. The van der Waals surface area contributed by atoms with E-state index < -0.39 is 0 Å². The zero-order valence-corrected chi connectivity index (χ0v) is 29.9. The summed E-state index contributed by atoms with van der Waals surface area (Å²) >= 11 is 3.86. The Balaban J connectivity index is 0.00000386. The van der Waals surface area contributed by atoms with Crippen LogP contribution in [0.5, 0.6) is 0 Å². The molecule has 7 aromatic rings. The smallest absolute Gasteiger partial charge is 0.165 e. The Hall–Kier alpha value is -4.61. The van der Waals surface area contributed by atoms with Crippen LogP contribution in [0.4, 0.5) is 0 Å². The van der Waals surface area contributed by atoms with Gasteiger partial charge in [0.1, 0.15) is 5.82 Å². The molecule has 0 N–H and O–H groups in total. The molecule has 1 radical (unpaired) electrons. The van der Waals surface area contributed by atoms with Crippen LogP contribution in [0.3, 0.4) is 0 Å². The maximum absolute atomic E-state index is 4.85. The largest absolute Gasteiger partial charge is 0.304 e. The molecule has 0 aliphatic heterocycles. The second-order valence-corrected chi connectivity index (χ2v) is 12.2. The molecule has 4 nitrogen and oxygen atoms in total. The molecule has 6 heteroatoms. The molecule has 0 aliphatic carbocycles. The van der Waals surface area contributed by atoms with Gasteiger partial charge in [-0.05, 0) is 36.2 Å². The van der Waals surface area contributed by atoms with Gasteiger partial charge in [0.05, 0.1) is 0 Å². The molecular formula is C41H30BrIrN4-. The predicted octanol–water partition coefficient (Wildman–Crippen LogP) is 10.4. The van der Waals surface area contributed by atoms with Crippen LogP contribution in [0.25, 0.3) is 56.3 Å². The minimum Gasteiger partial charge on any atom is -0.304 e. The summed E-state index contributed by atoms with van der Waals surface area (Å²) < 4.78 is 0.986. The van der Waals surface area contributed by atoms with Crippen LogP contribution in [0.2, 0.25) is 0 Å². The van der Waals surface area contributed by atoms with Gasteiger partial charge >= 0.3 is 0 Å². The van der Waals surface area contributed by atoms with Gasteiger partial charge in [-0.25, -0.2) is 15.0 Å². The fourth-order valence-electron chi connectivity index (χ4n) is 5.73. The van der Waals surface area contributed by atoms with Gasteiger partial charge in [-0.1, -0.05) is 158 Å². The number of pyridine rings is 1. The molecule has 0 fully saturated rings. The van der Waals surface area contributed by atoms with E-state index in [1.165, 1.54) is 22.3 Å². The monoisotopic (exact) mass is 850 g/mol. The summed E-state index contributed by atoms with van der Waals surface area (Å²) in [5.41, 5.74) is 11.8. The second kappa shape index (κ2) is 14.4. The van der Waals surface area contributed by atoms with E-state index in [9.17, 15) is 0 Å². The van der Waals surface area contributed by atoms with Crippen LogP contribution < -0.4 is 0 Å². The topological polar surface area (TPSA) is 51.6 Å². The van der Waals surface area contributed by atoms with Crippen molar-refractivity contribution in [1.29, 1.82) is 0 Å². The van der Waals surface area contributed by atoms with Gasteiger partial charge in [0.25, 0.3) is 0 Å². The van der Waals surface area contributed by atoms with Crippen molar-refractivity contribution in [3.63, 3.8) is 0 Å². The number of halogens is 1. The number of hydrogen-bond donors (Lipinski definition) is 0. The molecule has 0 bridgehead atoms. The van der Waals surface area contributed by atoms with E-state index in [1.807, 2.05) is 72.9 Å². The summed E-state index contributed by atoms with van der Waals surface area (Å²) in [5.74, 6) is 1.96. The molecule has 2 heterocycles. The molecule has 0 aliphatic rings. The SMILES string of the molecule is Cc1cc(C)cc(-c2ccccc2-c2c[c-]c(-c3ccc(-c4nc(Cc5ccccc5)nc(-c5ccccc5)n4)cn3)cc2Br)c1.[Ir]. The molecule has 0 amide bonds. The van der Waals surface area contributed by atoms with E-state index in [2.05, 4.69) is 96.5 Å². The third-order valence-corrected chi connectivity index (χ3v) is 8.52. The quantitative estimate of drug-likeness (QED) is 0.150. The van der Waals surface area contributed by atoms with Crippen molar-refractivity contribution in [2.45, 2.75) is 20.3 Å². The Morgan fingerprint density at radius 2 is 1.23 bits per heavy atom.